The summed E-state index contributed by atoms with van der Waals surface area (Å²) in [4.78, 5) is 0. The van der Waals surface area contributed by atoms with Crippen LogP contribution in [0.1, 0.15) is 59.8 Å². The normalized spacial score (nSPS) is 37.3. The molecule has 5 nitrogen and oxygen atoms in total. The molecule has 0 unspecified atom stereocenters. The number of ether oxygens (including phenoxy) is 2. The number of nitriles is 1. The molecule has 0 aromatic heterocycles. The van der Waals surface area contributed by atoms with Gasteiger partial charge in [-0.05, 0) is 49.7 Å². The maximum Gasteiger partial charge on any atom is 0.192 e. The summed E-state index contributed by atoms with van der Waals surface area (Å²) in [5, 5.41) is 21.9. The summed E-state index contributed by atoms with van der Waals surface area (Å²) < 4.78 is 17.5. The molecule has 0 aliphatic heterocycles. The van der Waals surface area contributed by atoms with E-state index in [2.05, 4.69) is 46.9 Å². The summed E-state index contributed by atoms with van der Waals surface area (Å²) in [7, 11) is 1.29. The van der Waals surface area contributed by atoms with Gasteiger partial charge in [0.25, 0.3) is 0 Å². The maximum absolute atomic E-state index is 11.8. The van der Waals surface area contributed by atoms with Gasteiger partial charge in [0.1, 0.15) is 0 Å². The van der Waals surface area contributed by atoms with Crippen LogP contribution in [0.4, 0.5) is 0 Å². The molecule has 0 aromatic rings. The molecule has 2 aliphatic rings. The minimum absolute atomic E-state index is 0.0147. The van der Waals surface area contributed by atoms with Gasteiger partial charge >= 0.3 is 0 Å². The van der Waals surface area contributed by atoms with Crippen LogP contribution in [0.2, 0.25) is 18.1 Å². The summed E-state index contributed by atoms with van der Waals surface area (Å²) in [5.74, 6) is -0.346. The van der Waals surface area contributed by atoms with Gasteiger partial charge in [-0.25, -0.2) is 0 Å². The molecule has 0 aromatic carbocycles. The number of hydrogen-bond acceptors (Lipinski definition) is 5. The summed E-state index contributed by atoms with van der Waals surface area (Å²) in [6, 6.07) is 2.45. The Labute approximate surface area is 166 Å². The third-order valence-electron chi connectivity index (χ3n) is 7.91. The highest BCUT2D eigenvalue weighted by Gasteiger charge is 2.65. The molecule has 0 spiro atoms. The predicted molar refractivity (Wildman–Crippen MR) is 109 cm³/mol. The van der Waals surface area contributed by atoms with Crippen LogP contribution in [0.5, 0.6) is 0 Å². The molecule has 0 heterocycles. The standard InChI is InChI=1S/C21H39NO4Si/c1-19(2,3)27(7,8)26-17-10-12-21(23)16(14-22)15(9-11-20(17,21)4)13-18(24-5)25-6/h15-18,23H,9-13H2,1-8H3/t15-,16-,17-,20+,21-/m1/s1. The molecular formula is C21H39NO4Si. The molecule has 2 saturated carbocycles. The van der Waals surface area contributed by atoms with Crippen LogP contribution in [0.3, 0.4) is 0 Å². The Morgan fingerprint density at radius 1 is 1.19 bits per heavy atom. The fraction of sp³-hybridized carbons (Fsp3) is 0.952. The van der Waals surface area contributed by atoms with E-state index >= 15 is 0 Å². The highest BCUT2D eigenvalue weighted by molar-refractivity contribution is 6.74. The first kappa shape index (κ1) is 22.8. The van der Waals surface area contributed by atoms with E-state index in [1.165, 1.54) is 0 Å². The van der Waals surface area contributed by atoms with Gasteiger partial charge in [0.2, 0.25) is 0 Å². The second kappa shape index (κ2) is 7.76. The van der Waals surface area contributed by atoms with Crippen LogP contribution < -0.4 is 0 Å². The van der Waals surface area contributed by atoms with Gasteiger partial charge in [-0.2, -0.15) is 5.26 Å². The van der Waals surface area contributed by atoms with E-state index in [0.717, 1.165) is 19.3 Å². The van der Waals surface area contributed by atoms with Gasteiger partial charge in [-0.15, -0.1) is 0 Å². The van der Waals surface area contributed by atoms with Crippen molar-refractivity contribution in [3.05, 3.63) is 0 Å². The van der Waals surface area contributed by atoms with Crippen molar-refractivity contribution >= 4 is 8.32 Å². The fourth-order valence-electron chi connectivity index (χ4n) is 4.89. The number of rotatable bonds is 6. The Kier molecular flexibility index (Phi) is 6.56. The first-order valence-corrected chi connectivity index (χ1v) is 13.1. The van der Waals surface area contributed by atoms with Crippen molar-refractivity contribution in [2.24, 2.45) is 17.3 Å². The molecular weight excluding hydrogens is 358 g/mol. The second-order valence-corrected chi connectivity index (χ2v) is 15.0. The van der Waals surface area contributed by atoms with Gasteiger partial charge in [0.05, 0.1) is 23.7 Å². The Hall–Kier alpha value is -0.453. The van der Waals surface area contributed by atoms with E-state index in [-0.39, 0.29) is 28.8 Å². The highest BCUT2D eigenvalue weighted by atomic mass is 28.4. The van der Waals surface area contributed by atoms with Crippen LogP contribution in [0.25, 0.3) is 0 Å². The zero-order valence-electron chi connectivity index (χ0n) is 18.5. The lowest BCUT2D eigenvalue weighted by Crippen LogP contribution is -2.59. The van der Waals surface area contributed by atoms with Crippen LogP contribution in [-0.4, -0.2) is 45.6 Å². The Balaban J connectivity index is 2.26. The first-order valence-electron chi connectivity index (χ1n) is 10.2. The van der Waals surface area contributed by atoms with Crippen molar-refractivity contribution < 1.29 is 19.0 Å². The third-order valence-corrected chi connectivity index (χ3v) is 12.4. The summed E-state index contributed by atoms with van der Waals surface area (Å²) in [6.45, 7) is 13.4. The zero-order valence-corrected chi connectivity index (χ0v) is 19.5. The monoisotopic (exact) mass is 397 g/mol. The summed E-state index contributed by atoms with van der Waals surface area (Å²) >= 11 is 0. The fourth-order valence-corrected chi connectivity index (χ4v) is 6.33. The molecule has 156 valence electrons. The largest absolute Gasteiger partial charge is 0.413 e. The molecule has 0 bridgehead atoms. The lowest BCUT2D eigenvalue weighted by atomic mass is 9.56. The van der Waals surface area contributed by atoms with Gasteiger partial charge < -0.3 is 19.0 Å². The predicted octanol–water partition coefficient (Wildman–Crippen LogP) is 4.47. The Bertz CT molecular complexity index is 566. The molecule has 0 amide bonds. The van der Waals surface area contributed by atoms with Gasteiger partial charge in [0.15, 0.2) is 14.6 Å². The molecule has 0 saturated heterocycles. The second-order valence-electron chi connectivity index (χ2n) is 10.3. The highest BCUT2D eigenvalue weighted by Crippen LogP contribution is 2.61. The van der Waals surface area contributed by atoms with Crippen molar-refractivity contribution in [3.63, 3.8) is 0 Å². The van der Waals surface area contributed by atoms with Crippen LogP contribution in [-0.2, 0) is 13.9 Å². The van der Waals surface area contributed by atoms with E-state index in [1.54, 1.807) is 14.2 Å². The minimum Gasteiger partial charge on any atom is -0.413 e. The van der Waals surface area contributed by atoms with Crippen LogP contribution in [0.15, 0.2) is 0 Å². The zero-order chi connectivity index (χ0) is 20.7. The van der Waals surface area contributed by atoms with E-state index in [4.69, 9.17) is 13.9 Å². The number of fused-ring (bicyclic) bond motifs is 1. The molecule has 1 N–H and O–H groups in total. The van der Waals surface area contributed by atoms with Gasteiger partial charge in [-0.3, -0.25) is 0 Å². The third kappa shape index (κ3) is 3.86. The van der Waals surface area contributed by atoms with E-state index in [0.29, 0.717) is 12.8 Å². The summed E-state index contributed by atoms with van der Waals surface area (Å²) in [6.07, 6.45) is 3.52. The van der Waals surface area contributed by atoms with Crippen molar-refractivity contribution in [2.45, 2.75) is 95.9 Å². The minimum atomic E-state index is -1.95. The van der Waals surface area contributed by atoms with Crippen molar-refractivity contribution in [1.82, 2.24) is 0 Å². The smallest absolute Gasteiger partial charge is 0.192 e. The quantitative estimate of drug-likeness (QED) is 0.529. The van der Waals surface area contributed by atoms with Crippen molar-refractivity contribution in [1.29, 1.82) is 5.26 Å². The lowest BCUT2D eigenvalue weighted by Gasteiger charge is -2.53. The number of methoxy groups -OCH3 is 2. The molecule has 27 heavy (non-hydrogen) atoms. The number of aliphatic hydroxyl groups is 1. The van der Waals surface area contributed by atoms with Gasteiger partial charge in [0, 0.05) is 26.1 Å². The average Bonchev–Trinajstić information content (AvgIpc) is 2.83. The molecule has 2 rings (SSSR count). The van der Waals surface area contributed by atoms with Crippen LogP contribution >= 0.6 is 0 Å². The van der Waals surface area contributed by atoms with E-state index < -0.39 is 19.8 Å². The van der Waals surface area contributed by atoms with Gasteiger partial charge in [-0.1, -0.05) is 27.7 Å². The Morgan fingerprint density at radius 2 is 1.78 bits per heavy atom. The molecule has 6 heteroatoms. The topological polar surface area (TPSA) is 71.7 Å². The molecule has 0 radical (unpaired) electrons. The van der Waals surface area contributed by atoms with Crippen LogP contribution in [0, 0.1) is 28.6 Å². The van der Waals surface area contributed by atoms with E-state index in [1.807, 2.05) is 0 Å². The summed E-state index contributed by atoms with van der Waals surface area (Å²) in [5.41, 5.74) is -1.39. The van der Waals surface area contributed by atoms with E-state index in [9.17, 15) is 10.4 Å². The average molecular weight is 398 g/mol. The molecule has 5 atom stereocenters. The van der Waals surface area contributed by atoms with Crippen molar-refractivity contribution in [3.8, 4) is 6.07 Å². The lowest BCUT2D eigenvalue weighted by molar-refractivity contribution is -0.172. The number of nitrogens with zero attached hydrogens (tertiary/aromatic N) is 1. The molecule has 2 fully saturated rings. The SMILES string of the molecule is COC(C[C@H]1CC[C@@]2(C)[C@H](O[Si](C)(C)C(C)(C)C)CC[C@@]2(O)[C@@H]1C#N)OC. The first-order chi connectivity index (χ1) is 12.4. The Morgan fingerprint density at radius 3 is 2.26 bits per heavy atom. The maximum atomic E-state index is 11.8. The van der Waals surface area contributed by atoms with Crippen molar-refractivity contribution in [2.75, 3.05) is 14.2 Å². The number of hydrogen-bond donors (Lipinski definition) is 1. The molecule has 2 aliphatic carbocycles.